The van der Waals surface area contributed by atoms with E-state index in [2.05, 4.69) is 10.0 Å². The number of halogens is 1. The van der Waals surface area contributed by atoms with Gasteiger partial charge in [-0.05, 0) is 74.9 Å². The zero-order chi connectivity index (χ0) is 19.4. The number of carbonyl (C=O) groups is 1. The van der Waals surface area contributed by atoms with Crippen molar-refractivity contribution in [2.45, 2.75) is 52.9 Å². The fraction of sp³-hybridized carbons (Fsp3) is 0.611. The van der Waals surface area contributed by atoms with Crippen molar-refractivity contribution >= 4 is 28.3 Å². The first kappa shape index (κ1) is 24.8. The Morgan fingerprint density at radius 1 is 1.00 bits per heavy atom. The van der Waals surface area contributed by atoms with Crippen molar-refractivity contribution < 1.29 is 13.2 Å². The topological polar surface area (TPSA) is 101 Å². The maximum Gasteiger partial charge on any atom is 0.241 e. The van der Waals surface area contributed by atoms with E-state index in [0.29, 0.717) is 18.0 Å². The Kier molecular flexibility index (Phi) is 9.80. The maximum absolute atomic E-state index is 12.7. The van der Waals surface area contributed by atoms with E-state index in [0.717, 1.165) is 27.8 Å². The fourth-order valence-electron chi connectivity index (χ4n) is 2.70. The van der Waals surface area contributed by atoms with Gasteiger partial charge in [0.25, 0.3) is 0 Å². The van der Waals surface area contributed by atoms with Gasteiger partial charge in [-0.3, -0.25) is 4.79 Å². The second-order valence-electron chi connectivity index (χ2n) is 6.75. The number of hydrogen-bond donors (Lipinski definition) is 3. The van der Waals surface area contributed by atoms with Crippen LogP contribution in [-0.2, 0) is 14.8 Å². The van der Waals surface area contributed by atoms with E-state index in [1.165, 1.54) is 0 Å². The third-order valence-electron chi connectivity index (χ3n) is 4.89. The number of sulfonamides is 1. The van der Waals surface area contributed by atoms with Gasteiger partial charge in [-0.15, -0.1) is 12.4 Å². The summed E-state index contributed by atoms with van der Waals surface area (Å²) >= 11 is 0. The molecule has 0 aliphatic rings. The molecule has 0 aromatic heterocycles. The van der Waals surface area contributed by atoms with E-state index >= 15 is 0 Å². The molecule has 1 rings (SSSR count). The summed E-state index contributed by atoms with van der Waals surface area (Å²) in [5.74, 6) is 0.0113. The summed E-state index contributed by atoms with van der Waals surface area (Å²) in [7, 11) is -3.66. The summed E-state index contributed by atoms with van der Waals surface area (Å²) in [6.45, 7) is 12.5. The quantitative estimate of drug-likeness (QED) is 0.615. The van der Waals surface area contributed by atoms with Crippen LogP contribution in [0.5, 0.6) is 0 Å². The van der Waals surface area contributed by atoms with Gasteiger partial charge in [-0.1, -0.05) is 6.92 Å². The van der Waals surface area contributed by atoms with Gasteiger partial charge < -0.3 is 11.1 Å². The van der Waals surface area contributed by atoms with E-state index in [-0.39, 0.29) is 37.2 Å². The van der Waals surface area contributed by atoms with Crippen molar-refractivity contribution in [1.82, 2.24) is 10.0 Å². The smallest absolute Gasteiger partial charge is 0.241 e. The molecule has 0 fully saturated rings. The molecule has 0 saturated carbocycles. The molecule has 0 spiro atoms. The Balaban J connectivity index is 0.00000625. The number of benzene rings is 1. The summed E-state index contributed by atoms with van der Waals surface area (Å²) in [5.41, 5.74) is 10.1. The second-order valence-corrected chi connectivity index (χ2v) is 8.45. The average Bonchev–Trinajstić information content (AvgIpc) is 2.55. The average molecular weight is 406 g/mol. The molecule has 0 aliphatic heterocycles. The SMILES string of the molecule is Cc1c(C)c(C)c(S(=O)(=O)NCCC(=O)NCC(C)CN)c(C)c1C.Cl. The molecule has 0 saturated heterocycles. The number of amides is 1. The van der Waals surface area contributed by atoms with E-state index in [4.69, 9.17) is 5.73 Å². The molecule has 1 aromatic rings. The van der Waals surface area contributed by atoms with Crippen molar-refractivity contribution in [1.29, 1.82) is 0 Å². The first-order valence-corrected chi connectivity index (χ1v) is 10.0. The minimum Gasteiger partial charge on any atom is -0.356 e. The van der Waals surface area contributed by atoms with Crippen LogP contribution in [-0.4, -0.2) is 34.0 Å². The van der Waals surface area contributed by atoms with E-state index in [1.54, 1.807) is 0 Å². The van der Waals surface area contributed by atoms with Crippen molar-refractivity contribution in [3.8, 4) is 0 Å². The Labute approximate surface area is 163 Å². The number of nitrogens with two attached hydrogens (primary N) is 1. The van der Waals surface area contributed by atoms with Gasteiger partial charge in [0, 0.05) is 19.5 Å². The molecule has 6 nitrogen and oxygen atoms in total. The predicted octanol–water partition coefficient (Wildman–Crippen LogP) is 2.03. The molecule has 8 heteroatoms. The lowest BCUT2D eigenvalue weighted by atomic mass is 9.95. The first-order valence-electron chi connectivity index (χ1n) is 8.56. The number of rotatable bonds is 8. The molecule has 0 heterocycles. The van der Waals surface area contributed by atoms with Gasteiger partial charge in [0.2, 0.25) is 15.9 Å². The monoisotopic (exact) mass is 405 g/mol. The zero-order valence-corrected chi connectivity index (χ0v) is 18.2. The Morgan fingerprint density at radius 3 is 1.92 bits per heavy atom. The molecule has 4 N–H and O–H groups in total. The van der Waals surface area contributed by atoms with Crippen molar-refractivity contribution in [3.05, 3.63) is 27.8 Å². The molecule has 0 bridgehead atoms. The third kappa shape index (κ3) is 5.94. The van der Waals surface area contributed by atoms with Crippen LogP contribution in [0.4, 0.5) is 0 Å². The van der Waals surface area contributed by atoms with Crippen LogP contribution < -0.4 is 15.8 Å². The molecule has 150 valence electrons. The molecule has 1 unspecified atom stereocenters. The molecular formula is C18H32ClN3O3S. The molecule has 1 amide bonds. The summed E-state index contributed by atoms with van der Waals surface area (Å²) in [4.78, 5) is 12.1. The van der Waals surface area contributed by atoms with Gasteiger partial charge in [-0.25, -0.2) is 13.1 Å². The van der Waals surface area contributed by atoms with Crippen LogP contribution in [0.25, 0.3) is 0 Å². The van der Waals surface area contributed by atoms with Crippen molar-refractivity contribution in [3.63, 3.8) is 0 Å². The summed E-state index contributed by atoms with van der Waals surface area (Å²) < 4.78 is 28.0. The first-order chi connectivity index (χ1) is 11.5. The van der Waals surface area contributed by atoms with Gasteiger partial charge >= 0.3 is 0 Å². The molecule has 0 aliphatic carbocycles. The zero-order valence-electron chi connectivity index (χ0n) is 16.5. The van der Waals surface area contributed by atoms with Gasteiger partial charge in [-0.2, -0.15) is 0 Å². The van der Waals surface area contributed by atoms with Crippen LogP contribution in [0.2, 0.25) is 0 Å². The molecule has 1 atom stereocenters. The third-order valence-corrected chi connectivity index (χ3v) is 6.63. The minimum absolute atomic E-state index is 0. The molecule has 1 aromatic carbocycles. The van der Waals surface area contributed by atoms with Crippen LogP contribution in [0.1, 0.15) is 41.2 Å². The summed E-state index contributed by atoms with van der Waals surface area (Å²) in [6.07, 6.45) is 0.0957. The number of carbonyl (C=O) groups excluding carboxylic acids is 1. The number of nitrogens with one attached hydrogen (secondary N) is 2. The van der Waals surface area contributed by atoms with Crippen LogP contribution in [0.3, 0.4) is 0 Å². The predicted molar refractivity (Wildman–Crippen MR) is 108 cm³/mol. The van der Waals surface area contributed by atoms with E-state index < -0.39 is 10.0 Å². The fourth-order valence-corrected chi connectivity index (χ4v) is 4.33. The minimum atomic E-state index is -3.66. The van der Waals surface area contributed by atoms with Crippen LogP contribution in [0, 0.1) is 40.5 Å². The highest BCUT2D eigenvalue weighted by Crippen LogP contribution is 2.29. The number of hydrogen-bond acceptors (Lipinski definition) is 4. The van der Waals surface area contributed by atoms with Gasteiger partial charge in [0.05, 0.1) is 4.90 Å². The van der Waals surface area contributed by atoms with Crippen LogP contribution >= 0.6 is 12.4 Å². The van der Waals surface area contributed by atoms with Crippen LogP contribution in [0.15, 0.2) is 4.90 Å². The standard InChI is InChI=1S/C18H31N3O3S.ClH/c1-11(9-19)10-20-17(22)7-8-21-25(23,24)18-15(5)13(3)12(2)14(4)16(18)6;/h11,21H,7-10,19H2,1-6H3,(H,20,22);1H. The molecule has 26 heavy (non-hydrogen) atoms. The largest absolute Gasteiger partial charge is 0.356 e. The second kappa shape index (κ2) is 10.3. The Bertz CT molecular complexity index is 720. The normalized spacial score (nSPS) is 12.4. The van der Waals surface area contributed by atoms with Crippen molar-refractivity contribution in [2.24, 2.45) is 11.7 Å². The van der Waals surface area contributed by atoms with Crippen molar-refractivity contribution in [2.75, 3.05) is 19.6 Å². The highest BCUT2D eigenvalue weighted by atomic mass is 35.5. The Morgan fingerprint density at radius 2 is 1.46 bits per heavy atom. The lowest BCUT2D eigenvalue weighted by Gasteiger charge is -2.19. The maximum atomic E-state index is 12.7. The van der Waals surface area contributed by atoms with Gasteiger partial charge in [0.15, 0.2) is 0 Å². The lowest BCUT2D eigenvalue weighted by Crippen LogP contribution is -2.34. The summed E-state index contributed by atoms with van der Waals surface area (Å²) in [5, 5.41) is 2.75. The van der Waals surface area contributed by atoms with Gasteiger partial charge in [0.1, 0.15) is 0 Å². The summed E-state index contributed by atoms with van der Waals surface area (Å²) in [6, 6.07) is 0. The highest BCUT2D eigenvalue weighted by molar-refractivity contribution is 7.89. The highest BCUT2D eigenvalue weighted by Gasteiger charge is 2.23. The van der Waals surface area contributed by atoms with E-state index in [1.807, 2.05) is 41.5 Å². The van der Waals surface area contributed by atoms with E-state index in [9.17, 15) is 13.2 Å². The lowest BCUT2D eigenvalue weighted by molar-refractivity contribution is -0.121. The Hall–Kier alpha value is -1.15. The molecule has 0 radical (unpaired) electrons. The molecular weight excluding hydrogens is 374 g/mol.